The van der Waals surface area contributed by atoms with Gasteiger partial charge in [0, 0.05) is 6.42 Å². The Hall–Kier alpha value is -2.36. The number of ether oxygens (including phenoxy) is 3. The molecule has 0 heterocycles. The number of hydrogen-bond donors (Lipinski definition) is 1. The predicted molar refractivity (Wildman–Crippen MR) is 104 cm³/mol. The Morgan fingerprint density at radius 1 is 1.17 bits per heavy atom. The lowest BCUT2D eigenvalue weighted by atomic mass is 10.1. The zero-order chi connectivity index (χ0) is 22.1. The molecule has 0 saturated carbocycles. The second-order valence-electron chi connectivity index (χ2n) is 6.82. The van der Waals surface area contributed by atoms with E-state index in [1.54, 1.807) is 45.0 Å². The minimum absolute atomic E-state index is 0.0204. The molecule has 1 atom stereocenters. The van der Waals surface area contributed by atoms with E-state index in [9.17, 15) is 22.8 Å². The molecule has 1 N–H and O–H groups in total. The van der Waals surface area contributed by atoms with Gasteiger partial charge in [-0.1, -0.05) is 12.1 Å². The fraction of sp³-hybridized carbons (Fsp3) is 0.474. The summed E-state index contributed by atoms with van der Waals surface area (Å²) in [7, 11) is 1.22. The maximum atomic E-state index is 12.0. The van der Waals surface area contributed by atoms with Crippen LogP contribution in [0.5, 0.6) is 5.75 Å². The van der Waals surface area contributed by atoms with Gasteiger partial charge >= 0.3 is 17.6 Å². The number of amides is 1. The molecule has 0 spiro atoms. The van der Waals surface area contributed by atoms with Gasteiger partial charge < -0.3 is 19.5 Å². The van der Waals surface area contributed by atoms with Gasteiger partial charge in [0.2, 0.25) is 0 Å². The average molecular weight is 435 g/mol. The van der Waals surface area contributed by atoms with Crippen LogP contribution in [0.15, 0.2) is 35.7 Å². The van der Waals surface area contributed by atoms with Crippen LogP contribution in [0.2, 0.25) is 0 Å². The van der Waals surface area contributed by atoms with E-state index in [0.717, 1.165) is 5.41 Å². The van der Waals surface area contributed by atoms with E-state index in [2.05, 4.69) is 5.32 Å². The van der Waals surface area contributed by atoms with Crippen molar-refractivity contribution in [2.45, 2.75) is 44.3 Å². The van der Waals surface area contributed by atoms with Crippen LogP contribution in [0.3, 0.4) is 0 Å². The minimum atomic E-state index is -4.32. The molecule has 0 saturated heterocycles. The largest absolute Gasteiger partial charge is 0.490 e. The summed E-state index contributed by atoms with van der Waals surface area (Å²) in [6.07, 6.45) is 0.676. The Balaban J connectivity index is 2.62. The second-order valence-corrected chi connectivity index (χ2v) is 7.79. The van der Waals surface area contributed by atoms with E-state index < -0.39 is 29.2 Å². The van der Waals surface area contributed by atoms with Gasteiger partial charge in [0.05, 0.1) is 7.11 Å². The highest BCUT2D eigenvalue weighted by Crippen LogP contribution is 2.30. The first-order valence-corrected chi connectivity index (χ1v) is 9.46. The van der Waals surface area contributed by atoms with E-state index in [1.807, 2.05) is 0 Å². The van der Waals surface area contributed by atoms with Crippen molar-refractivity contribution >= 4 is 23.8 Å². The molecular formula is C19H24F3NO5S. The van der Waals surface area contributed by atoms with Crippen molar-refractivity contribution in [1.82, 2.24) is 5.32 Å². The van der Waals surface area contributed by atoms with E-state index in [0.29, 0.717) is 11.3 Å². The van der Waals surface area contributed by atoms with Crippen molar-refractivity contribution in [2.24, 2.45) is 0 Å². The monoisotopic (exact) mass is 435 g/mol. The summed E-state index contributed by atoms with van der Waals surface area (Å²) in [6.45, 7) is 5.09. The van der Waals surface area contributed by atoms with Crippen molar-refractivity contribution in [2.75, 3.05) is 13.7 Å². The van der Waals surface area contributed by atoms with Crippen molar-refractivity contribution < 1.29 is 37.0 Å². The zero-order valence-electron chi connectivity index (χ0n) is 16.5. The standard InChI is InChI=1S/C19H24F3NO5S/c1-18(2,3)28-17(25)23-15(16(24)26-4)12-13-6-8-14(9-7-13)27-10-5-11-29-19(20,21)22/h5-9,11,15H,10,12H2,1-4H3,(H,23,25)/b11-5+/t15-/m0/s1. The van der Waals surface area contributed by atoms with Gasteiger partial charge in [-0.3, -0.25) is 0 Å². The number of halogens is 3. The van der Waals surface area contributed by atoms with Crippen LogP contribution < -0.4 is 10.1 Å². The summed E-state index contributed by atoms with van der Waals surface area (Å²) in [5, 5.41) is 3.39. The summed E-state index contributed by atoms with van der Waals surface area (Å²) in [5.74, 6) is -0.173. The number of methoxy groups -OCH3 is 1. The number of benzene rings is 1. The Morgan fingerprint density at radius 3 is 2.31 bits per heavy atom. The highest BCUT2D eigenvalue weighted by molar-refractivity contribution is 8.02. The molecule has 0 aliphatic carbocycles. The number of alkyl halides is 3. The highest BCUT2D eigenvalue weighted by atomic mass is 32.2. The van der Waals surface area contributed by atoms with Gasteiger partial charge in [-0.05, 0) is 61.7 Å². The number of thioether (sulfide) groups is 1. The fourth-order valence-corrected chi connectivity index (χ4v) is 2.38. The molecule has 0 aromatic heterocycles. The number of rotatable bonds is 8. The van der Waals surface area contributed by atoms with Gasteiger partial charge in [-0.25, -0.2) is 9.59 Å². The quantitative estimate of drug-likeness (QED) is 0.609. The van der Waals surface area contributed by atoms with Crippen molar-refractivity contribution in [3.05, 3.63) is 41.3 Å². The Labute approximate surface area is 171 Å². The number of carbonyl (C=O) groups is 2. The topological polar surface area (TPSA) is 73.9 Å². The first kappa shape index (κ1) is 24.7. The van der Waals surface area contributed by atoms with Crippen LogP contribution >= 0.6 is 11.8 Å². The van der Waals surface area contributed by atoms with E-state index in [4.69, 9.17) is 14.2 Å². The number of alkyl carbamates (subject to hydrolysis) is 1. The molecule has 1 amide bonds. The van der Waals surface area contributed by atoms with Crippen LogP contribution in [0.25, 0.3) is 0 Å². The van der Waals surface area contributed by atoms with E-state index >= 15 is 0 Å². The highest BCUT2D eigenvalue weighted by Gasteiger charge is 2.26. The number of hydrogen-bond acceptors (Lipinski definition) is 6. The molecule has 6 nitrogen and oxygen atoms in total. The average Bonchev–Trinajstić information content (AvgIpc) is 2.59. The minimum Gasteiger partial charge on any atom is -0.490 e. The van der Waals surface area contributed by atoms with Gasteiger partial charge in [0.25, 0.3) is 0 Å². The Kier molecular flexibility index (Phi) is 9.35. The van der Waals surface area contributed by atoms with Crippen LogP contribution in [-0.4, -0.2) is 42.9 Å². The van der Waals surface area contributed by atoms with Gasteiger partial charge in [-0.2, -0.15) is 13.2 Å². The lowest BCUT2D eigenvalue weighted by Crippen LogP contribution is -2.45. The Bertz CT molecular complexity index is 699. The third-order valence-corrected chi connectivity index (χ3v) is 3.78. The Morgan fingerprint density at radius 2 is 1.79 bits per heavy atom. The molecule has 0 unspecified atom stereocenters. The lowest BCUT2D eigenvalue weighted by molar-refractivity contribution is -0.143. The van der Waals surface area contributed by atoms with Gasteiger partial charge in [0.15, 0.2) is 0 Å². The molecule has 0 aliphatic heterocycles. The third kappa shape index (κ3) is 11.3. The van der Waals surface area contributed by atoms with Crippen molar-refractivity contribution in [1.29, 1.82) is 0 Å². The molecule has 1 aromatic carbocycles. The van der Waals surface area contributed by atoms with Crippen molar-refractivity contribution in [3.8, 4) is 5.75 Å². The maximum absolute atomic E-state index is 12.0. The molecule has 1 aromatic rings. The van der Waals surface area contributed by atoms with Crippen LogP contribution in [-0.2, 0) is 20.7 Å². The molecule has 0 radical (unpaired) electrons. The second kappa shape index (κ2) is 11.0. The summed E-state index contributed by atoms with van der Waals surface area (Å²) in [6, 6.07) is 5.64. The summed E-state index contributed by atoms with van der Waals surface area (Å²) >= 11 is -0.258. The first-order valence-electron chi connectivity index (χ1n) is 8.58. The molecule has 10 heteroatoms. The van der Waals surface area contributed by atoms with Crippen LogP contribution in [0, 0.1) is 0 Å². The third-order valence-electron chi connectivity index (χ3n) is 3.18. The molecule has 0 fully saturated rings. The fourth-order valence-electron chi connectivity index (χ4n) is 2.05. The zero-order valence-corrected chi connectivity index (χ0v) is 17.4. The molecule has 1 rings (SSSR count). The van der Waals surface area contributed by atoms with E-state index in [1.165, 1.54) is 13.2 Å². The number of nitrogens with one attached hydrogen (secondary N) is 1. The normalized spacial score (nSPS) is 13.1. The van der Waals surface area contributed by atoms with Gasteiger partial charge in [0.1, 0.15) is 24.0 Å². The molecule has 162 valence electrons. The van der Waals surface area contributed by atoms with Crippen LogP contribution in [0.4, 0.5) is 18.0 Å². The summed E-state index contributed by atoms with van der Waals surface area (Å²) < 4.78 is 51.2. The molecular weight excluding hydrogens is 411 g/mol. The van der Waals surface area contributed by atoms with Crippen molar-refractivity contribution in [3.63, 3.8) is 0 Å². The maximum Gasteiger partial charge on any atom is 0.445 e. The molecule has 0 bridgehead atoms. The summed E-state index contributed by atoms with van der Waals surface area (Å²) in [5.41, 5.74) is -4.31. The van der Waals surface area contributed by atoms with Crippen LogP contribution in [0.1, 0.15) is 26.3 Å². The first-order chi connectivity index (χ1) is 13.4. The smallest absolute Gasteiger partial charge is 0.445 e. The number of carbonyl (C=O) groups excluding carboxylic acids is 2. The number of esters is 1. The summed E-state index contributed by atoms with van der Waals surface area (Å²) in [4.78, 5) is 23.9. The SMILES string of the molecule is COC(=O)[C@H](Cc1ccc(OC/C=C/SC(F)(F)F)cc1)NC(=O)OC(C)(C)C. The molecule has 0 aliphatic rings. The van der Waals surface area contributed by atoms with Gasteiger partial charge in [-0.15, -0.1) is 0 Å². The molecule has 29 heavy (non-hydrogen) atoms. The lowest BCUT2D eigenvalue weighted by Gasteiger charge is -2.22. The predicted octanol–water partition coefficient (Wildman–Crippen LogP) is 4.44. The van der Waals surface area contributed by atoms with E-state index in [-0.39, 0.29) is 24.8 Å².